The molecular weight excluding hydrogens is 302 g/mol. The molecule has 0 saturated heterocycles. The third-order valence-electron chi connectivity index (χ3n) is 3.29. The van der Waals surface area contributed by atoms with Gasteiger partial charge in [-0.05, 0) is 25.6 Å². The summed E-state index contributed by atoms with van der Waals surface area (Å²) in [7, 11) is 1.52. The number of hydrogen-bond acceptors (Lipinski definition) is 5. The molecule has 114 valence electrons. The number of halogens is 1. The molecule has 20 heavy (non-hydrogen) atoms. The minimum absolute atomic E-state index is 0.428. The summed E-state index contributed by atoms with van der Waals surface area (Å²) in [6.07, 6.45) is 1.21. The summed E-state index contributed by atoms with van der Waals surface area (Å²) in [6.45, 7) is 1.64. The number of rotatable bonds is 6. The number of methoxy groups -OCH3 is 2. The van der Waals surface area contributed by atoms with Crippen molar-refractivity contribution in [2.45, 2.75) is 18.2 Å². The van der Waals surface area contributed by atoms with Gasteiger partial charge in [-0.3, -0.25) is 0 Å². The molecule has 2 unspecified atom stereocenters. The smallest absolute Gasteiger partial charge is 0.162 e. The molecule has 7 heteroatoms. The van der Waals surface area contributed by atoms with E-state index in [0.29, 0.717) is 22.1 Å². The highest BCUT2D eigenvalue weighted by molar-refractivity contribution is 7.91. The third-order valence-corrected chi connectivity index (χ3v) is 5.24. The van der Waals surface area contributed by atoms with Crippen molar-refractivity contribution < 1.29 is 17.9 Å². The Labute approximate surface area is 125 Å². The lowest BCUT2D eigenvalue weighted by Crippen LogP contribution is -2.33. The number of benzene rings is 1. The summed E-state index contributed by atoms with van der Waals surface area (Å²) in [5.41, 5.74) is 0.657. The van der Waals surface area contributed by atoms with Crippen molar-refractivity contribution in [1.82, 2.24) is 5.32 Å². The minimum Gasteiger partial charge on any atom is -0.493 e. The van der Waals surface area contributed by atoms with Crippen LogP contribution in [-0.2, 0) is 9.84 Å². The fourth-order valence-electron chi connectivity index (χ4n) is 2.00. The van der Waals surface area contributed by atoms with Gasteiger partial charge in [0.25, 0.3) is 0 Å². The van der Waals surface area contributed by atoms with E-state index in [1.165, 1.54) is 20.5 Å². The maximum absolute atomic E-state index is 11.8. The van der Waals surface area contributed by atoms with Gasteiger partial charge >= 0.3 is 0 Å². The molecule has 0 heterocycles. The van der Waals surface area contributed by atoms with E-state index in [2.05, 4.69) is 5.32 Å². The van der Waals surface area contributed by atoms with Crippen molar-refractivity contribution in [3.05, 3.63) is 22.7 Å². The normalized spacial score (nSPS) is 14.7. The molecule has 1 N–H and O–H groups in total. The number of nitrogens with one attached hydrogen (secondary N) is 1. The SMILES string of the molecule is CNC(c1cc(OC)c(OC)cc1Cl)C(C)S(C)(=O)=O. The van der Waals surface area contributed by atoms with Crippen LogP contribution in [0.4, 0.5) is 0 Å². The average Bonchev–Trinajstić information content (AvgIpc) is 2.39. The first-order chi connectivity index (χ1) is 9.26. The predicted octanol–water partition coefficient (Wildman–Crippen LogP) is 2.05. The van der Waals surface area contributed by atoms with Crippen LogP contribution in [-0.4, -0.2) is 41.2 Å². The molecule has 5 nitrogen and oxygen atoms in total. The summed E-state index contributed by atoms with van der Waals surface area (Å²) >= 11 is 6.23. The quantitative estimate of drug-likeness (QED) is 0.868. The molecule has 0 aromatic heterocycles. The molecular formula is C13H20ClNO4S. The topological polar surface area (TPSA) is 64.6 Å². The van der Waals surface area contributed by atoms with Crippen LogP contribution in [0.5, 0.6) is 11.5 Å². The fourth-order valence-corrected chi connectivity index (χ4v) is 3.05. The van der Waals surface area contributed by atoms with Crippen molar-refractivity contribution >= 4 is 21.4 Å². The van der Waals surface area contributed by atoms with Gasteiger partial charge in [0, 0.05) is 17.3 Å². The molecule has 0 fully saturated rings. The Morgan fingerprint density at radius 3 is 2.10 bits per heavy atom. The molecule has 0 aliphatic rings. The Morgan fingerprint density at radius 2 is 1.70 bits per heavy atom. The molecule has 0 spiro atoms. The highest BCUT2D eigenvalue weighted by atomic mass is 35.5. The molecule has 0 aliphatic heterocycles. The van der Waals surface area contributed by atoms with Crippen LogP contribution >= 0.6 is 11.6 Å². The molecule has 0 amide bonds. The van der Waals surface area contributed by atoms with Gasteiger partial charge in [-0.25, -0.2) is 8.42 Å². The summed E-state index contributed by atoms with van der Waals surface area (Å²) in [5, 5.41) is 2.80. The second kappa shape index (κ2) is 6.65. The number of sulfone groups is 1. The van der Waals surface area contributed by atoms with Crippen LogP contribution in [0.3, 0.4) is 0 Å². The van der Waals surface area contributed by atoms with E-state index in [4.69, 9.17) is 21.1 Å². The fraction of sp³-hybridized carbons (Fsp3) is 0.538. The van der Waals surface area contributed by atoms with Crippen molar-refractivity contribution in [3.8, 4) is 11.5 Å². The largest absolute Gasteiger partial charge is 0.493 e. The van der Waals surface area contributed by atoms with Crippen molar-refractivity contribution in [2.75, 3.05) is 27.5 Å². The standard InChI is InChI=1S/C13H20ClNO4S/c1-8(20(5,16)17)13(15-2)9-6-11(18-3)12(19-4)7-10(9)14/h6-8,13,15H,1-5H3. The predicted molar refractivity (Wildman–Crippen MR) is 80.7 cm³/mol. The van der Waals surface area contributed by atoms with Gasteiger partial charge in [0.1, 0.15) is 0 Å². The van der Waals surface area contributed by atoms with Gasteiger partial charge in [-0.1, -0.05) is 11.6 Å². The number of hydrogen-bond donors (Lipinski definition) is 1. The van der Waals surface area contributed by atoms with E-state index in [1.807, 2.05) is 0 Å². The lowest BCUT2D eigenvalue weighted by atomic mass is 10.0. The Balaban J connectivity index is 3.36. The highest BCUT2D eigenvalue weighted by Gasteiger charge is 2.28. The molecule has 1 aromatic carbocycles. The maximum atomic E-state index is 11.8. The van der Waals surface area contributed by atoms with Gasteiger partial charge in [0.15, 0.2) is 21.3 Å². The average molecular weight is 322 g/mol. The van der Waals surface area contributed by atoms with Crippen molar-refractivity contribution in [3.63, 3.8) is 0 Å². The Bertz CT molecular complexity index is 574. The minimum atomic E-state index is -3.21. The molecule has 1 rings (SSSR count). The lowest BCUT2D eigenvalue weighted by Gasteiger charge is -2.24. The summed E-state index contributed by atoms with van der Waals surface area (Å²) in [6, 6.07) is 2.89. The van der Waals surface area contributed by atoms with Crippen molar-refractivity contribution in [1.29, 1.82) is 0 Å². The number of ether oxygens (including phenoxy) is 2. The van der Waals surface area contributed by atoms with Crippen LogP contribution in [0.25, 0.3) is 0 Å². The van der Waals surface area contributed by atoms with Gasteiger partial charge < -0.3 is 14.8 Å². The third kappa shape index (κ3) is 3.56. The lowest BCUT2D eigenvalue weighted by molar-refractivity contribution is 0.354. The van der Waals surface area contributed by atoms with E-state index in [1.54, 1.807) is 26.1 Å². The van der Waals surface area contributed by atoms with Gasteiger partial charge in [-0.15, -0.1) is 0 Å². The summed E-state index contributed by atoms with van der Waals surface area (Å²) < 4.78 is 33.9. The first-order valence-electron chi connectivity index (χ1n) is 6.03. The zero-order valence-electron chi connectivity index (χ0n) is 12.2. The monoisotopic (exact) mass is 321 g/mol. The van der Waals surface area contributed by atoms with Crippen LogP contribution in [0.1, 0.15) is 18.5 Å². The second-order valence-electron chi connectivity index (χ2n) is 4.53. The molecule has 1 aromatic rings. The zero-order chi connectivity index (χ0) is 15.5. The molecule has 0 aliphatic carbocycles. The highest BCUT2D eigenvalue weighted by Crippen LogP contribution is 2.37. The van der Waals surface area contributed by atoms with Crippen LogP contribution in [0, 0.1) is 0 Å². The summed E-state index contributed by atoms with van der Waals surface area (Å²) in [5.74, 6) is 1.01. The van der Waals surface area contributed by atoms with Gasteiger partial charge in [-0.2, -0.15) is 0 Å². The molecule has 0 radical (unpaired) electrons. The summed E-state index contributed by atoms with van der Waals surface area (Å²) in [4.78, 5) is 0. The van der Waals surface area contributed by atoms with E-state index < -0.39 is 21.1 Å². The van der Waals surface area contributed by atoms with E-state index >= 15 is 0 Å². The Kier molecular flexibility index (Phi) is 5.68. The van der Waals surface area contributed by atoms with E-state index in [-0.39, 0.29) is 0 Å². The van der Waals surface area contributed by atoms with Crippen LogP contribution in [0.15, 0.2) is 12.1 Å². The van der Waals surface area contributed by atoms with E-state index in [9.17, 15) is 8.42 Å². The first kappa shape index (κ1) is 17.1. The zero-order valence-corrected chi connectivity index (χ0v) is 13.8. The van der Waals surface area contributed by atoms with E-state index in [0.717, 1.165) is 0 Å². The van der Waals surface area contributed by atoms with Crippen LogP contribution in [0.2, 0.25) is 5.02 Å². The van der Waals surface area contributed by atoms with Gasteiger partial charge in [0.2, 0.25) is 0 Å². The maximum Gasteiger partial charge on any atom is 0.162 e. The molecule has 0 bridgehead atoms. The molecule has 2 atom stereocenters. The van der Waals surface area contributed by atoms with Crippen LogP contribution < -0.4 is 14.8 Å². The Hall–Kier alpha value is -0.980. The van der Waals surface area contributed by atoms with Gasteiger partial charge in [0.05, 0.1) is 25.5 Å². The molecule has 0 saturated carbocycles. The first-order valence-corrected chi connectivity index (χ1v) is 8.37. The second-order valence-corrected chi connectivity index (χ2v) is 7.34. The Morgan fingerprint density at radius 1 is 1.20 bits per heavy atom. The van der Waals surface area contributed by atoms with Crippen molar-refractivity contribution in [2.24, 2.45) is 0 Å².